The highest BCUT2D eigenvalue weighted by Gasteiger charge is 2.22. The Morgan fingerprint density at radius 2 is 2.12 bits per heavy atom. The maximum Gasteiger partial charge on any atom is 0.328 e. The molecule has 0 aromatic heterocycles. The van der Waals surface area contributed by atoms with Crippen LogP contribution in [0.2, 0.25) is 0 Å². The second-order valence-electron chi connectivity index (χ2n) is 3.54. The molecule has 1 aromatic rings. The standard InChI is InChI=1S/C13H17ClO3/c1-4-9-6-7-11(16-3)10(8-9)12(14)13(15)17-5-2/h6-8,12H,4-5H2,1-3H3. The fourth-order valence-corrected chi connectivity index (χ4v) is 1.78. The average Bonchev–Trinajstić information content (AvgIpc) is 2.37. The number of ether oxygens (including phenoxy) is 2. The van der Waals surface area contributed by atoms with Crippen molar-refractivity contribution in [1.82, 2.24) is 0 Å². The highest BCUT2D eigenvalue weighted by molar-refractivity contribution is 6.30. The van der Waals surface area contributed by atoms with Gasteiger partial charge in [-0.25, -0.2) is 0 Å². The summed E-state index contributed by atoms with van der Waals surface area (Å²) in [6.45, 7) is 4.11. The number of hydrogen-bond donors (Lipinski definition) is 0. The Hall–Kier alpha value is -1.22. The Labute approximate surface area is 107 Å². The Bertz CT molecular complexity index is 390. The predicted octanol–water partition coefficient (Wildman–Crippen LogP) is 3.10. The zero-order valence-electron chi connectivity index (χ0n) is 10.3. The first kappa shape index (κ1) is 13.8. The van der Waals surface area contributed by atoms with E-state index in [1.54, 1.807) is 14.0 Å². The molecule has 4 heteroatoms. The average molecular weight is 257 g/mol. The van der Waals surface area contributed by atoms with Crippen LogP contribution in [0.15, 0.2) is 18.2 Å². The van der Waals surface area contributed by atoms with Crippen LogP contribution >= 0.6 is 11.6 Å². The smallest absolute Gasteiger partial charge is 0.328 e. The molecule has 0 aliphatic rings. The third kappa shape index (κ3) is 3.37. The van der Waals surface area contributed by atoms with E-state index in [0.717, 1.165) is 12.0 Å². The summed E-state index contributed by atoms with van der Waals surface area (Å²) >= 11 is 6.09. The maximum absolute atomic E-state index is 11.6. The van der Waals surface area contributed by atoms with Gasteiger partial charge >= 0.3 is 5.97 Å². The Morgan fingerprint density at radius 3 is 2.65 bits per heavy atom. The SMILES string of the molecule is CCOC(=O)C(Cl)c1cc(CC)ccc1OC. The van der Waals surface area contributed by atoms with Crippen molar-refractivity contribution in [2.24, 2.45) is 0 Å². The molecular formula is C13H17ClO3. The van der Waals surface area contributed by atoms with Crippen LogP contribution in [0.3, 0.4) is 0 Å². The molecule has 0 bridgehead atoms. The Kier molecular flexibility index (Phi) is 5.29. The summed E-state index contributed by atoms with van der Waals surface area (Å²) in [5.74, 6) is 0.163. The first-order valence-corrected chi connectivity index (χ1v) is 6.05. The summed E-state index contributed by atoms with van der Waals surface area (Å²) in [4.78, 5) is 11.6. The number of carbonyl (C=O) groups is 1. The Morgan fingerprint density at radius 1 is 1.41 bits per heavy atom. The lowest BCUT2D eigenvalue weighted by molar-refractivity contribution is -0.142. The van der Waals surface area contributed by atoms with Gasteiger partial charge in [0.1, 0.15) is 5.75 Å². The number of rotatable bonds is 5. The van der Waals surface area contributed by atoms with Gasteiger partial charge in [0.15, 0.2) is 5.38 Å². The third-order valence-electron chi connectivity index (χ3n) is 2.47. The molecule has 1 atom stereocenters. The van der Waals surface area contributed by atoms with Crippen molar-refractivity contribution in [2.45, 2.75) is 25.6 Å². The van der Waals surface area contributed by atoms with Crippen molar-refractivity contribution in [3.8, 4) is 5.75 Å². The van der Waals surface area contributed by atoms with Crippen LogP contribution in [0.1, 0.15) is 30.4 Å². The number of carbonyl (C=O) groups excluding carboxylic acids is 1. The van der Waals surface area contributed by atoms with Crippen molar-refractivity contribution in [3.63, 3.8) is 0 Å². The number of halogens is 1. The van der Waals surface area contributed by atoms with Crippen LogP contribution in [0.4, 0.5) is 0 Å². The highest BCUT2D eigenvalue weighted by atomic mass is 35.5. The summed E-state index contributed by atoms with van der Waals surface area (Å²) in [6, 6.07) is 5.66. The molecule has 0 aliphatic heterocycles. The molecule has 0 saturated heterocycles. The van der Waals surface area contributed by atoms with E-state index in [1.165, 1.54) is 0 Å². The van der Waals surface area contributed by atoms with Crippen molar-refractivity contribution >= 4 is 17.6 Å². The van der Waals surface area contributed by atoms with Gasteiger partial charge < -0.3 is 9.47 Å². The van der Waals surface area contributed by atoms with E-state index >= 15 is 0 Å². The van der Waals surface area contributed by atoms with E-state index < -0.39 is 11.3 Å². The first-order chi connectivity index (χ1) is 8.13. The van der Waals surface area contributed by atoms with Crippen molar-refractivity contribution < 1.29 is 14.3 Å². The molecule has 17 heavy (non-hydrogen) atoms. The lowest BCUT2D eigenvalue weighted by Crippen LogP contribution is -2.12. The van der Waals surface area contributed by atoms with E-state index in [1.807, 2.05) is 25.1 Å². The number of aryl methyl sites for hydroxylation is 1. The minimum Gasteiger partial charge on any atom is -0.496 e. The fraction of sp³-hybridized carbons (Fsp3) is 0.462. The van der Waals surface area contributed by atoms with Gasteiger partial charge in [-0.1, -0.05) is 19.1 Å². The second kappa shape index (κ2) is 6.50. The molecule has 1 unspecified atom stereocenters. The molecular weight excluding hydrogens is 240 g/mol. The van der Waals surface area contributed by atoms with Crippen LogP contribution < -0.4 is 4.74 Å². The van der Waals surface area contributed by atoms with E-state index in [-0.39, 0.29) is 0 Å². The molecule has 0 fully saturated rings. The first-order valence-electron chi connectivity index (χ1n) is 5.61. The number of alkyl halides is 1. The van der Waals surface area contributed by atoms with E-state index in [0.29, 0.717) is 17.9 Å². The number of esters is 1. The van der Waals surface area contributed by atoms with Gasteiger partial charge in [-0.15, -0.1) is 11.6 Å². The molecule has 0 radical (unpaired) electrons. The summed E-state index contributed by atoms with van der Waals surface area (Å²) in [5, 5.41) is -0.823. The van der Waals surface area contributed by atoms with Crippen LogP contribution in [-0.4, -0.2) is 19.7 Å². The molecule has 0 N–H and O–H groups in total. The van der Waals surface area contributed by atoms with Gasteiger partial charge in [0, 0.05) is 5.56 Å². The second-order valence-corrected chi connectivity index (χ2v) is 3.98. The van der Waals surface area contributed by atoms with E-state index in [4.69, 9.17) is 21.1 Å². The van der Waals surface area contributed by atoms with Gasteiger partial charge in [-0.05, 0) is 25.0 Å². The molecule has 1 aromatic carbocycles. The van der Waals surface area contributed by atoms with E-state index in [2.05, 4.69) is 0 Å². The van der Waals surface area contributed by atoms with Crippen LogP contribution in [0.5, 0.6) is 5.75 Å². The van der Waals surface area contributed by atoms with Crippen molar-refractivity contribution in [2.75, 3.05) is 13.7 Å². The third-order valence-corrected chi connectivity index (χ3v) is 2.88. The predicted molar refractivity (Wildman–Crippen MR) is 67.6 cm³/mol. The van der Waals surface area contributed by atoms with Gasteiger partial charge in [-0.2, -0.15) is 0 Å². The van der Waals surface area contributed by atoms with Crippen LogP contribution in [-0.2, 0) is 16.0 Å². The molecule has 0 amide bonds. The number of methoxy groups -OCH3 is 1. The van der Waals surface area contributed by atoms with Crippen molar-refractivity contribution in [3.05, 3.63) is 29.3 Å². The molecule has 0 heterocycles. The molecule has 1 rings (SSSR count). The molecule has 0 saturated carbocycles. The minimum absolute atomic E-state index is 0.317. The zero-order chi connectivity index (χ0) is 12.8. The summed E-state index contributed by atoms with van der Waals surface area (Å²) in [5.41, 5.74) is 1.77. The molecule has 94 valence electrons. The summed E-state index contributed by atoms with van der Waals surface area (Å²) < 4.78 is 10.1. The summed E-state index contributed by atoms with van der Waals surface area (Å²) in [7, 11) is 1.55. The van der Waals surface area contributed by atoms with Gasteiger partial charge in [0.05, 0.1) is 13.7 Å². The highest BCUT2D eigenvalue weighted by Crippen LogP contribution is 2.31. The number of hydrogen-bond acceptors (Lipinski definition) is 3. The maximum atomic E-state index is 11.6. The molecule has 0 aliphatic carbocycles. The Balaban J connectivity index is 3.04. The topological polar surface area (TPSA) is 35.5 Å². The molecule has 3 nitrogen and oxygen atoms in total. The van der Waals surface area contributed by atoms with Crippen LogP contribution in [0, 0.1) is 0 Å². The monoisotopic (exact) mass is 256 g/mol. The quantitative estimate of drug-likeness (QED) is 0.600. The lowest BCUT2D eigenvalue weighted by Gasteiger charge is -2.14. The van der Waals surface area contributed by atoms with Crippen molar-refractivity contribution in [1.29, 1.82) is 0 Å². The fourth-order valence-electron chi connectivity index (χ4n) is 1.54. The normalized spacial score (nSPS) is 12.0. The molecule has 0 spiro atoms. The number of benzene rings is 1. The summed E-state index contributed by atoms with van der Waals surface area (Å²) in [6.07, 6.45) is 0.878. The van der Waals surface area contributed by atoms with Gasteiger partial charge in [0.25, 0.3) is 0 Å². The zero-order valence-corrected chi connectivity index (χ0v) is 11.1. The van der Waals surface area contributed by atoms with Gasteiger partial charge in [-0.3, -0.25) is 4.79 Å². The van der Waals surface area contributed by atoms with Gasteiger partial charge in [0.2, 0.25) is 0 Å². The lowest BCUT2D eigenvalue weighted by atomic mass is 10.0. The van der Waals surface area contributed by atoms with Crippen LogP contribution in [0.25, 0.3) is 0 Å². The largest absolute Gasteiger partial charge is 0.496 e. The van der Waals surface area contributed by atoms with E-state index in [9.17, 15) is 4.79 Å². The minimum atomic E-state index is -0.823.